The molecule has 0 saturated carbocycles. The highest BCUT2D eigenvalue weighted by molar-refractivity contribution is 6.01. The maximum absolute atomic E-state index is 13.4. The van der Waals surface area contributed by atoms with E-state index < -0.39 is 0 Å². The molecule has 0 bridgehead atoms. The zero-order chi connectivity index (χ0) is 17.0. The molecule has 4 amide bonds. The third-order valence-electron chi connectivity index (χ3n) is 3.74. The molecule has 0 unspecified atom stereocenters. The van der Waals surface area contributed by atoms with Gasteiger partial charge in [-0.25, -0.2) is 9.18 Å². The molecule has 1 aliphatic rings. The van der Waals surface area contributed by atoms with E-state index >= 15 is 0 Å². The number of hydrogen-bond donors (Lipinski definition) is 1. The summed E-state index contributed by atoms with van der Waals surface area (Å²) in [5.41, 5.74) is 1.25. The molecule has 7 heteroatoms. The van der Waals surface area contributed by atoms with Crippen LogP contribution in [0.25, 0.3) is 0 Å². The number of hydrogen-bond acceptors (Lipinski definition) is 3. The van der Waals surface area contributed by atoms with Gasteiger partial charge in [0.1, 0.15) is 12.4 Å². The summed E-state index contributed by atoms with van der Waals surface area (Å²) >= 11 is 0. The van der Waals surface area contributed by atoms with Gasteiger partial charge in [0.25, 0.3) is 0 Å². The van der Waals surface area contributed by atoms with Crippen molar-refractivity contribution >= 4 is 17.8 Å². The maximum Gasteiger partial charge on any atom is 0.326 e. The summed E-state index contributed by atoms with van der Waals surface area (Å²) in [4.78, 5) is 37.5. The lowest BCUT2D eigenvalue weighted by molar-refractivity contribution is -0.126. The van der Waals surface area contributed by atoms with E-state index in [0.717, 1.165) is 4.90 Å². The molecular formula is C16H20FN3O3. The lowest BCUT2D eigenvalue weighted by Crippen LogP contribution is -2.33. The predicted molar refractivity (Wildman–Crippen MR) is 82.0 cm³/mol. The van der Waals surface area contributed by atoms with Crippen LogP contribution in [-0.2, 0) is 16.1 Å². The van der Waals surface area contributed by atoms with Gasteiger partial charge in [-0.15, -0.1) is 0 Å². The van der Waals surface area contributed by atoms with Gasteiger partial charge in [0.15, 0.2) is 0 Å². The van der Waals surface area contributed by atoms with E-state index in [9.17, 15) is 18.8 Å². The zero-order valence-corrected chi connectivity index (χ0v) is 13.3. The molecule has 0 atom stereocenters. The standard InChI is InChI=1S/C16H20FN3O3/c1-11-5-6-12(8-13(11)17)9-18-14(21)4-3-7-20-15(22)10-19(2)16(20)23/h5-6,8H,3-4,7,9-10H2,1-2H3,(H,18,21). The van der Waals surface area contributed by atoms with Crippen LogP contribution in [0, 0.1) is 12.7 Å². The summed E-state index contributed by atoms with van der Waals surface area (Å²) in [5, 5.41) is 2.70. The summed E-state index contributed by atoms with van der Waals surface area (Å²) in [5.74, 6) is -0.738. The Morgan fingerprint density at radius 3 is 2.70 bits per heavy atom. The van der Waals surface area contributed by atoms with Crippen molar-refractivity contribution in [3.8, 4) is 0 Å². The number of aryl methyl sites for hydroxylation is 1. The van der Waals surface area contributed by atoms with Gasteiger partial charge in [-0.2, -0.15) is 0 Å². The maximum atomic E-state index is 13.4. The first kappa shape index (κ1) is 16.9. The van der Waals surface area contributed by atoms with Crippen LogP contribution in [0.3, 0.4) is 0 Å². The number of halogens is 1. The molecular weight excluding hydrogens is 301 g/mol. The first-order valence-corrected chi connectivity index (χ1v) is 7.45. The van der Waals surface area contributed by atoms with Crippen LogP contribution >= 0.6 is 0 Å². The first-order valence-electron chi connectivity index (χ1n) is 7.45. The molecule has 1 heterocycles. The van der Waals surface area contributed by atoms with Crippen LogP contribution in [0.4, 0.5) is 9.18 Å². The summed E-state index contributed by atoms with van der Waals surface area (Å²) in [6, 6.07) is 4.49. The molecule has 0 spiro atoms. The van der Waals surface area contributed by atoms with Crippen molar-refractivity contribution < 1.29 is 18.8 Å². The lowest BCUT2D eigenvalue weighted by atomic mass is 10.1. The lowest BCUT2D eigenvalue weighted by Gasteiger charge is -2.13. The summed E-state index contributed by atoms with van der Waals surface area (Å²) in [7, 11) is 1.56. The molecule has 1 saturated heterocycles. The molecule has 1 N–H and O–H groups in total. The van der Waals surface area contributed by atoms with Gasteiger partial charge < -0.3 is 10.2 Å². The minimum atomic E-state index is -0.328. The fourth-order valence-electron chi connectivity index (χ4n) is 2.32. The van der Waals surface area contributed by atoms with Crippen LogP contribution in [-0.4, -0.2) is 47.8 Å². The second-order valence-electron chi connectivity index (χ2n) is 5.65. The molecule has 1 aliphatic heterocycles. The van der Waals surface area contributed by atoms with Crippen LogP contribution in [0.5, 0.6) is 0 Å². The topological polar surface area (TPSA) is 69.7 Å². The molecule has 1 fully saturated rings. The number of likely N-dealkylation sites (N-methyl/N-ethyl adjacent to an activating group) is 1. The molecule has 0 aliphatic carbocycles. The van der Waals surface area contributed by atoms with Crippen molar-refractivity contribution in [3.63, 3.8) is 0 Å². The monoisotopic (exact) mass is 321 g/mol. The number of rotatable bonds is 6. The van der Waals surface area contributed by atoms with Crippen LogP contribution < -0.4 is 5.32 Å². The second-order valence-corrected chi connectivity index (χ2v) is 5.65. The number of nitrogens with one attached hydrogen (secondary N) is 1. The Bertz CT molecular complexity index is 633. The Balaban J connectivity index is 1.72. The predicted octanol–water partition coefficient (Wildman–Crippen LogP) is 1.42. The van der Waals surface area contributed by atoms with Crippen molar-refractivity contribution in [1.29, 1.82) is 0 Å². The van der Waals surface area contributed by atoms with E-state index in [1.807, 2.05) is 0 Å². The first-order chi connectivity index (χ1) is 10.9. The molecule has 1 aromatic rings. The Morgan fingerprint density at radius 2 is 2.09 bits per heavy atom. The zero-order valence-electron chi connectivity index (χ0n) is 13.3. The van der Waals surface area contributed by atoms with Gasteiger partial charge >= 0.3 is 6.03 Å². The Hall–Kier alpha value is -2.44. The third kappa shape index (κ3) is 4.28. The number of nitrogens with zero attached hydrogens (tertiary/aromatic N) is 2. The molecule has 124 valence electrons. The summed E-state index contributed by atoms with van der Waals surface area (Å²) < 4.78 is 13.4. The number of carbonyl (C=O) groups excluding carboxylic acids is 3. The molecule has 6 nitrogen and oxygen atoms in total. The van der Waals surface area contributed by atoms with Gasteiger partial charge in [-0.05, 0) is 30.5 Å². The van der Waals surface area contributed by atoms with Crippen LogP contribution in [0.15, 0.2) is 18.2 Å². The SMILES string of the molecule is Cc1ccc(CNC(=O)CCCN2C(=O)CN(C)C2=O)cc1F. The number of urea groups is 1. The fourth-order valence-corrected chi connectivity index (χ4v) is 2.32. The number of carbonyl (C=O) groups is 3. The number of amides is 4. The minimum Gasteiger partial charge on any atom is -0.352 e. The molecule has 0 radical (unpaired) electrons. The van der Waals surface area contributed by atoms with Gasteiger partial charge in [-0.1, -0.05) is 12.1 Å². The number of imide groups is 1. The second kappa shape index (κ2) is 7.21. The Kier molecular flexibility index (Phi) is 5.31. The van der Waals surface area contributed by atoms with Crippen molar-refractivity contribution in [3.05, 3.63) is 35.1 Å². The minimum absolute atomic E-state index is 0.0873. The largest absolute Gasteiger partial charge is 0.352 e. The molecule has 23 heavy (non-hydrogen) atoms. The van der Waals surface area contributed by atoms with Gasteiger partial charge in [0, 0.05) is 26.6 Å². The highest BCUT2D eigenvalue weighted by atomic mass is 19.1. The fraction of sp³-hybridized carbons (Fsp3) is 0.438. The molecule has 2 rings (SSSR count). The van der Waals surface area contributed by atoms with E-state index in [4.69, 9.17) is 0 Å². The van der Waals surface area contributed by atoms with Crippen LogP contribution in [0.1, 0.15) is 24.0 Å². The van der Waals surface area contributed by atoms with Gasteiger partial charge in [0.2, 0.25) is 11.8 Å². The van der Waals surface area contributed by atoms with E-state index in [-0.39, 0.29) is 49.7 Å². The normalized spacial score (nSPS) is 14.6. The summed E-state index contributed by atoms with van der Waals surface area (Å²) in [6.45, 7) is 2.25. The smallest absolute Gasteiger partial charge is 0.326 e. The van der Waals surface area contributed by atoms with Crippen molar-refractivity contribution in [1.82, 2.24) is 15.1 Å². The van der Waals surface area contributed by atoms with Crippen molar-refractivity contribution in [2.45, 2.75) is 26.3 Å². The Labute approximate surface area is 134 Å². The van der Waals surface area contributed by atoms with Gasteiger partial charge in [-0.3, -0.25) is 14.5 Å². The van der Waals surface area contributed by atoms with E-state index in [1.165, 1.54) is 11.0 Å². The molecule has 0 aromatic heterocycles. The highest BCUT2D eigenvalue weighted by Gasteiger charge is 2.32. The quantitative estimate of drug-likeness (QED) is 0.806. The van der Waals surface area contributed by atoms with Crippen molar-refractivity contribution in [2.75, 3.05) is 20.1 Å². The average molecular weight is 321 g/mol. The molecule has 1 aromatic carbocycles. The number of benzene rings is 1. The highest BCUT2D eigenvalue weighted by Crippen LogP contribution is 2.10. The van der Waals surface area contributed by atoms with Crippen molar-refractivity contribution in [2.24, 2.45) is 0 Å². The Morgan fingerprint density at radius 1 is 1.35 bits per heavy atom. The van der Waals surface area contributed by atoms with E-state index in [0.29, 0.717) is 17.5 Å². The summed E-state index contributed by atoms with van der Waals surface area (Å²) in [6.07, 6.45) is 0.606. The third-order valence-corrected chi connectivity index (χ3v) is 3.74. The van der Waals surface area contributed by atoms with E-state index in [2.05, 4.69) is 5.32 Å². The van der Waals surface area contributed by atoms with Gasteiger partial charge in [0.05, 0.1) is 0 Å². The average Bonchev–Trinajstić information content (AvgIpc) is 2.74. The van der Waals surface area contributed by atoms with Crippen LogP contribution in [0.2, 0.25) is 0 Å². The van der Waals surface area contributed by atoms with E-state index in [1.54, 1.807) is 26.1 Å².